The highest BCUT2D eigenvalue weighted by Gasteiger charge is 2.40. The first-order valence-electron chi connectivity index (χ1n) is 14.9. The van der Waals surface area contributed by atoms with E-state index >= 15 is 0 Å². The Labute approximate surface area is 255 Å². The van der Waals surface area contributed by atoms with Crippen molar-refractivity contribution in [2.24, 2.45) is 0 Å². The summed E-state index contributed by atoms with van der Waals surface area (Å²) < 4.78 is 45.5. The number of aromatic nitrogens is 3. The number of thiazole rings is 1. The molecule has 3 atom stereocenters. The molecule has 0 aliphatic carbocycles. The van der Waals surface area contributed by atoms with Crippen LogP contribution in [-0.4, -0.2) is 82.1 Å². The third-order valence-electron chi connectivity index (χ3n) is 8.97. The molecule has 1 unspecified atom stereocenters. The van der Waals surface area contributed by atoms with Crippen LogP contribution in [0, 0.1) is 5.82 Å². The average Bonchev–Trinajstić information content (AvgIpc) is 3.82. The lowest BCUT2D eigenvalue weighted by atomic mass is 9.97. The Hall–Kier alpha value is -3.16. The first-order chi connectivity index (χ1) is 20.9. The summed E-state index contributed by atoms with van der Waals surface area (Å²) in [4.78, 5) is 13.4. The number of aliphatic hydroxyl groups is 1. The maximum atomic E-state index is 14.1. The molecule has 9 nitrogen and oxygen atoms in total. The molecule has 1 N–H and O–H groups in total. The zero-order chi connectivity index (χ0) is 29.6. The Morgan fingerprint density at radius 2 is 1.86 bits per heavy atom. The largest absolute Gasteiger partial charge is 0.392 e. The van der Waals surface area contributed by atoms with Gasteiger partial charge in [0.05, 0.1) is 36.6 Å². The van der Waals surface area contributed by atoms with Crippen LogP contribution in [0.25, 0.3) is 11.3 Å². The van der Waals surface area contributed by atoms with Gasteiger partial charge in [-0.25, -0.2) is 22.8 Å². The molecule has 0 bridgehead atoms. The Balaban J connectivity index is 1.12. The van der Waals surface area contributed by atoms with Crippen molar-refractivity contribution in [2.75, 3.05) is 37.6 Å². The summed E-state index contributed by atoms with van der Waals surface area (Å²) in [6.45, 7) is 4.19. The van der Waals surface area contributed by atoms with E-state index in [-0.39, 0.29) is 28.2 Å². The van der Waals surface area contributed by atoms with Gasteiger partial charge in [0.25, 0.3) is 10.0 Å². The van der Waals surface area contributed by atoms with Gasteiger partial charge in [0.1, 0.15) is 5.82 Å². The van der Waals surface area contributed by atoms with Crippen LogP contribution in [0.4, 0.5) is 9.52 Å². The van der Waals surface area contributed by atoms with Gasteiger partial charge in [-0.3, -0.25) is 4.90 Å². The summed E-state index contributed by atoms with van der Waals surface area (Å²) in [7, 11) is -3.77. The molecule has 2 aromatic carbocycles. The van der Waals surface area contributed by atoms with Crippen molar-refractivity contribution in [2.45, 2.75) is 54.6 Å². The quantitative estimate of drug-likeness (QED) is 0.315. The number of hydrogen-bond donors (Lipinski definition) is 1. The molecule has 0 saturated carbocycles. The molecule has 43 heavy (non-hydrogen) atoms. The van der Waals surface area contributed by atoms with Gasteiger partial charge in [0.2, 0.25) is 0 Å². The lowest BCUT2D eigenvalue weighted by Gasteiger charge is -2.37. The highest BCUT2D eigenvalue weighted by molar-refractivity contribution is 7.91. The zero-order valence-corrected chi connectivity index (χ0v) is 25.4. The van der Waals surface area contributed by atoms with Crippen LogP contribution in [0.3, 0.4) is 0 Å². The average molecular weight is 623 g/mol. The first-order valence-corrected chi connectivity index (χ1v) is 17.1. The van der Waals surface area contributed by atoms with E-state index in [9.17, 15) is 17.9 Å². The van der Waals surface area contributed by atoms with Crippen LogP contribution in [-0.2, 0) is 23.0 Å². The van der Waals surface area contributed by atoms with E-state index < -0.39 is 10.0 Å². The number of aliphatic hydroxyl groups excluding tert-OH is 1. The number of sulfonamides is 1. The van der Waals surface area contributed by atoms with Gasteiger partial charge >= 0.3 is 0 Å². The standard InChI is InChI=1S/C31H35FN6O3S2/c32-23-9-7-22(8-10-23)11-13-37-21-33-17-29(37)27-5-2-1-4-26(27)28-6-3-12-38(28)43(40,41)30-18-34-31(42-30)36-15-14-35-20-25(39)16-24(35)19-36/h1-2,4-5,7-10,17-18,21,24-25,28,39H,3,6,11-16,19-20H2/t24-,25+,28?/m0/s1. The van der Waals surface area contributed by atoms with Gasteiger partial charge in [0.15, 0.2) is 9.34 Å². The number of rotatable bonds is 8. The molecule has 0 radical (unpaired) electrons. The highest BCUT2D eigenvalue weighted by Crippen LogP contribution is 2.42. The molecular weight excluding hydrogens is 588 g/mol. The van der Waals surface area contributed by atoms with E-state index in [4.69, 9.17) is 0 Å². The fraction of sp³-hybridized carbons (Fsp3) is 0.419. The summed E-state index contributed by atoms with van der Waals surface area (Å²) in [6.07, 6.45) is 7.82. The number of aryl methyl sites for hydroxylation is 2. The van der Waals surface area contributed by atoms with Crippen molar-refractivity contribution in [1.82, 2.24) is 23.7 Å². The van der Waals surface area contributed by atoms with Gasteiger partial charge < -0.3 is 14.6 Å². The lowest BCUT2D eigenvalue weighted by Crippen LogP contribution is -2.50. The molecule has 12 heteroatoms. The van der Waals surface area contributed by atoms with Gasteiger partial charge in [-0.2, -0.15) is 4.31 Å². The topological polar surface area (TPSA) is 94.8 Å². The number of imidazole rings is 1. The SMILES string of the molecule is O=S(=O)(c1cnc(N2CCN3C[C@H](O)C[C@H]3C2)s1)N1CCCC1c1ccccc1-c1cncn1CCc1ccc(F)cc1. The van der Waals surface area contributed by atoms with E-state index in [1.54, 1.807) is 22.8 Å². The number of hydrogen-bond acceptors (Lipinski definition) is 8. The number of fused-ring (bicyclic) bond motifs is 1. The first kappa shape index (κ1) is 28.6. The number of benzene rings is 2. The summed E-state index contributed by atoms with van der Waals surface area (Å²) in [5.41, 5.74) is 3.90. The van der Waals surface area contributed by atoms with Crippen LogP contribution >= 0.6 is 11.3 Å². The minimum Gasteiger partial charge on any atom is -0.392 e. The van der Waals surface area contributed by atoms with Crippen LogP contribution in [0.2, 0.25) is 0 Å². The maximum Gasteiger partial charge on any atom is 0.254 e. The molecule has 3 aliphatic heterocycles. The number of nitrogens with zero attached hydrogens (tertiary/aromatic N) is 6. The summed E-state index contributed by atoms with van der Waals surface area (Å²) in [5.74, 6) is -0.251. The Kier molecular flexibility index (Phi) is 7.81. The molecule has 4 aromatic rings. The number of anilines is 1. The predicted molar refractivity (Wildman–Crippen MR) is 164 cm³/mol. The van der Waals surface area contributed by atoms with E-state index in [1.807, 2.05) is 30.5 Å². The summed E-state index contributed by atoms with van der Waals surface area (Å²) >= 11 is 1.24. The van der Waals surface area contributed by atoms with Gasteiger partial charge in [0, 0.05) is 50.9 Å². The van der Waals surface area contributed by atoms with E-state index in [2.05, 4.69) is 24.3 Å². The predicted octanol–water partition coefficient (Wildman–Crippen LogP) is 4.17. The third kappa shape index (κ3) is 5.62. The number of piperazine rings is 1. The van der Waals surface area contributed by atoms with Crippen molar-refractivity contribution in [3.63, 3.8) is 0 Å². The second-order valence-corrected chi connectivity index (χ2v) is 14.8. The van der Waals surface area contributed by atoms with Crippen LogP contribution < -0.4 is 4.90 Å². The van der Waals surface area contributed by atoms with Gasteiger partial charge in [-0.1, -0.05) is 47.7 Å². The van der Waals surface area contributed by atoms with Crippen LogP contribution in [0.1, 0.15) is 36.4 Å². The fourth-order valence-corrected chi connectivity index (χ4v) is 9.76. The van der Waals surface area contributed by atoms with Crippen molar-refractivity contribution in [3.8, 4) is 11.3 Å². The Bertz CT molecular complexity index is 1690. The molecule has 7 rings (SSSR count). The van der Waals surface area contributed by atoms with E-state index in [1.165, 1.54) is 29.7 Å². The molecular formula is C31H35FN6O3S2. The molecule has 226 valence electrons. The second-order valence-electron chi connectivity index (χ2n) is 11.7. The van der Waals surface area contributed by atoms with E-state index in [0.717, 1.165) is 72.8 Å². The van der Waals surface area contributed by atoms with Crippen LogP contribution in [0.5, 0.6) is 0 Å². The highest BCUT2D eigenvalue weighted by atomic mass is 32.2. The van der Waals surface area contributed by atoms with Crippen LogP contribution in [0.15, 0.2) is 71.5 Å². The monoisotopic (exact) mass is 622 g/mol. The van der Waals surface area contributed by atoms with Crippen molar-refractivity contribution in [3.05, 3.63) is 84.2 Å². The normalized spacial score (nSPS) is 23.2. The maximum absolute atomic E-state index is 14.1. The molecule has 3 fully saturated rings. The van der Waals surface area contributed by atoms with Crippen molar-refractivity contribution < 1.29 is 17.9 Å². The molecule has 0 spiro atoms. The van der Waals surface area contributed by atoms with Gasteiger partial charge in [-0.05, 0) is 48.9 Å². The van der Waals surface area contributed by atoms with E-state index in [0.29, 0.717) is 19.6 Å². The third-order valence-corrected chi connectivity index (χ3v) is 12.4. The minimum atomic E-state index is -3.77. The number of halogens is 1. The molecule has 3 aliphatic rings. The van der Waals surface area contributed by atoms with Crippen molar-refractivity contribution in [1.29, 1.82) is 0 Å². The smallest absolute Gasteiger partial charge is 0.254 e. The molecule has 0 amide bonds. The Morgan fingerprint density at radius 1 is 1.02 bits per heavy atom. The summed E-state index contributed by atoms with van der Waals surface area (Å²) in [5, 5.41) is 10.8. The lowest BCUT2D eigenvalue weighted by molar-refractivity contribution is 0.173. The Morgan fingerprint density at radius 3 is 2.72 bits per heavy atom. The zero-order valence-electron chi connectivity index (χ0n) is 23.8. The summed E-state index contributed by atoms with van der Waals surface area (Å²) in [6, 6.07) is 14.5. The molecule has 5 heterocycles. The van der Waals surface area contributed by atoms with Crippen molar-refractivity contribution >= 4 is 26.5 Å². The molecule has 2 aromatic heterocycles. The minimum absolute atomic E-state index is 0.251. The van der Waals surface area contributed by atoms with Gasteiger partial charge in [-0.15, -0.1) is 0 Å². The fourth-order valence-electron chi connectivity index (χ4n) is 6.80. The molecule has 3 saturated heterocycles. The second kappa shape index (κ2) is 11.7.